The largest absolute Gasteiger partial charge is 0.309 e. The predicted molar refractivity (Wildman–Crippen MR) is 272 cm³/mol. The smallest absolute Gasteiger partial charge is 0.160 e. The summed E-state index contributed by atoms with van der Waals surface area (Å²) in [5, 5.41) is 34.5. The van der Waals surface area contributed by atoms with Crippen molar-refractivity contribution in [1.82, 2.24) is 19.1 Å². The second kappa shape index (κ2) is 16.3. The first-order valence-electron chi connectivity index (χ1n) is 22.2. The van der Waals surface area contributed by atoms with Crippen LogP contribution in [0.1, 0.15) is 16.7 Å². The first kappa shape index (κ1) is 39.7. The Morgan fingerprint density at radius 1 is 0.353 bits per heavy atom. The van der Waals surface area contributed by atoms with Gasteiger partial charge in [0.05, 0.1) is 74.0 Å². The van der Waals surface area contributed by atoms with Crippen LogP contribution in [0.4, 0.5) is 0 Å². The van der Waals surface area contributed by atoms with Crippen molar-refractivity contribution in [3.05, 3.63) is 229 Å². The molecule has 0 unspecified atom stereocenters. The molecule has 0 aliphatic rings. The Morgan fingerprint density at radius 2 is 0.868 bits per heavy atom. The van der Waals surface area contributed by atoms with Crippen LogP contribution in [0.15, 0.2) is 212 Å². The monoisotopic (exact) mass is 865 g/mol. The molecule has 0 saturated carbocycles. The summed E-state index contributed by atoms with van der Waals surface area (Å²) in [4.78, 5) is 10.5. The van der Waals surface area contributed by atoms with Gasteiger partial charge in [0.25, 0.3) is 0 Å². The summed E-state index contributed by atoms with van der Waals surface area (Å²) in [5.41, 5.74) is 14.7. The minimum Gasteiger partial charge on any atom is -0.309 e. The molecule has 0 fully saturated rings. The maximum Gasteiger partial charge on any atom is 0.160 e. The van der Waals surface area contributed by atoms with Gasteiger partial charge in [0.1, 0.15) is 0 Å². The number of aromatic nitrogens is 4. The molecule has 0 atom stereocenters. The van der Waals surface area contributed by atoms with Crippen molar-refractivity contribution < 1.29 is 0 Å². The van der Waals surface area contributed by atoms with Crippen LogP contribution in [0.3, 0.4) is 0 Å². The van der Waals surface area contributed by atoms with Gasteiger partial charge in [-0.25, -0.2) is 9.97 Å². The van der Waals surface area contributed by atoms with E-state index in [1.165, 1.54) is 10.8 Å². The number of para-hydroxylation sites is 3. The predicted octanol–water partition coefficient (Wildman–Crippen LogP) is 14.6. The normalized spacial score (nSPS) is 11.2. The van der Waals surface area contributed by atoms with Crippen molar-refractivity contribution in [2.45, 2.75) is 0 Å². The van der Waals surface area contributed by atoms with E-state index in [4.69, 9.17) is 9.97 Å². The van der Waals surface area contributed by atoms with Gasteiger partial charge in [-0.3, -0.25) is 0 Å². The molecule has 3 aromatic heterocycles. The number of hydrogen-bond acceptors (Lipinski definition) is 5. The number of nitriles is 3. The summed E-state index contributed by atoms with van der Waals surface area (Å²) in [6.07, 6.45) is 0. The Hall–Kier alpha value is -9.87. The van der Waals surface area contributed by atoms with E-state index in [2.05, 4.69) is 173 Å². The fraction of sp³-hybridized carbons (Fsp3) is 0. The Kier molecular flexibility index (Phi) is 9.51. The van der Waals surface area contributed by atoms with Crippen LogP contribution in [-0.4, -0.2) is 19.1 Å². The number of benzene rings is 9. The standard InChI is InChI=1S/C61H35N7/c62-36-39-30-45(37-63)60(46(31-39)38-64)43-26-28-59-52(33-43)50-22-9-12-25-57(50)68(59)58-29-27-44(61-65-53(40-14-3-1-4-15-40)35-54(66-61)41-16-5-2-6-17-41)34-51(58)42-18-13-19-47(32-42)67-55-23-10-7-20-48(55)49-21-8-11-24-56(49)67/h1-35H. The molecule has 7 heteroatoms. The van der Waals surface area contributed by atoms with Crippen LogP contribution in [0.25, 0.3) is 111 Å². The highest BCUT2D eigenvalue weighted by molar-refractivity contribution is 6.12. The Morgan fingerprint density at radius 3 is 1.46 bits per heavy atom. The van der Waals surface area contributed by atoms with E-state index < -0.39 is 0 Å². The van der Waals surface area contributed by atoms with Crippen molar-refractivity contribution in [1.29, 1.82) is 15.8 Å². The summed E-state index contributed by atoms with van der Waals surface area (Å²) < 4.78 is 4.64. The summed E-state index contributed by atoms with van der Waals surface area (Å²) in [7, 11) is 0. The zero-order chi connectivity index (χ0) is 45.7. The third-order valence-electron chi connectivity index (χ3n) is 12.8. The lowest BCUT2D eigenvalue weighted by Crippen LogP contribution is -2.01. The molecule has 3 heterocycles. The molecule has 0 amide bonds. The molecule has 314 valence electrons. The fourth-order valence-corrected chi connectivity index (χ4v) is 9.79. The van der Waals surface area contributed by atoms with Crippen LogP contribution in [0.2, 0.25) is 0 Å². The van der Waals surface area contributed by atoms with E-state index in [-0.39, 0.29) is 16.7 Å². The van der Waals surface area contributed by atoms with Crippen molar-refractivity contribution in [2.75, 3.05) is 0 Å². The van der Waals surface area contributed by atoms with E-state index in [0.29, 0.717) is 11.4 Å². The van der Waals surface area contributed by atoms with Gasteiger partial charge in [-0.1, -0.05) is 133 Å². The van der Waals surface area contributed by atoms with Crippen LogP contribution in [0, 0.1) is 34.0 Å². The topological polar surface area (TPSA) is 107 Å². The number of hydrogen-bond donors (Lipinski definition) is 0. The third kappa shape index (κ3) is 6.57. The molecule has 0 bridgehead atoms. The quantitative estimate of drug-likeness (QED) is 0.159. The van der Waals surface area contributed by atoms with Gasteiger partial charge in [-0.2, -0.15) is 15.8 Å². The first-order chi connectivity index (χ1) is 33.6. The van der Waals surface area contributed by atoms with Crippen molar-refractivity contribution in [2.24, 2.45) is 0 Å². The van der Waals surface area contributed by atoms with E-state index in [9.17, 15) is 15.8 Å². The zero-order valence-corrected chi connectivity index (χ0v) is 36.3. The average molecular weight is 866 g/mol. The molecule has 0 radical (unpaired) electrons. The average Bonchev–Trinajstić information content (AvgIpc) is 3.93. The second-order valence-corrected chi connectivity index (χ2v) is 16.7. The fourth-order valence-electron chi connectivity index (χ4n) is 9.79. The molecule has 12 rings (SSSR count). The molecular weight excluding hydrogens is 831 g/mol. The Bertz CT molecular complexity index is 3980. The molecule has 12 aromatic rings. The van der Waals surface area contributed by atoms with Crippen LogP contribution in [-0.2, 0) is 0 Å². The Labute approximate surface area is 391 Å². The number of fused-ring (bicyclic) bond motifs is 6. The lowest BCUT2D eigenvalue weighted by molar-refractivity contribution is 1.16. The molecule has 68 heavy (non-hydrogen) atoms. The Balaban J connectivity index is 1.12. The van der Waals surface area contributed by atoms with Crippen molar-refractivity contribution in [3.63, 3.8) is 0 Å². The molecule has 0 saturated heterocycles. The van der Waals surface area contributed by atoms with Crippen LogP contribution in [0.5, 0.6) is 0 Å². The van der Waals surface area contributed by atoms with Gasteiger partial charge in [-0.05, 0) is 90.0 Å². The van der Waals surface area contributed by atoms with E-state index >= 15 is 0 Å². The van der Waals surface area contributed by atoms with E-state index in [0.717, 1.165) is 89.0 Å². The number of rotatable bonds is 7. The van der Waals surface area contributed by atoms with Gasteiger partial charge in [-0.15, -0.1) is 0 Å². The van der Waals surface area contributed by atoms with Gasteiger partial charge in [0.2, 0.25) is 0 Å². The van der Waals surface area contributed by atoms with Crippen molar-refractivity contribution >= 4 is 43.6 Å². The van der Waals surface area contributed by atoms with E-state index in [1.54, 1.807) is 12.1 Å². The lowest BCUT2D eigenvalue weighted by atomic mass is 9.92. The minimum absolute atomic E-state index is 0.270. The zero-order valence-electron chi connectivity index (χ0n) is 36.3. The summed E-state index contributed by atoms with van der Waals surface area (Å²) in [6.45, 7) is 0. The number of nitrogens with zero attached hydrogens (tertiary/aromatic N) is 7. The molecule has 0 aliphatic carbocycles. The maximum atomic E-state index is 10.2. The lowest BCUT2D eigenvalue weighted by Gasteiger charge is -2.18. The second-order valence-electron chi connectivity index (χ2n) is 16.7. The summed E-state index contributed by atoms with van der Waals surface area (Å²) >= 11 is 0. The van der Waals surface area contributed by atoms with E-state index in [1.807, 2.05) is 54.6 Å². The van der Waals surface area contributed by atoms with Gasteiger partial charge >= 0.3 is 0 Å². The molecule has 0 aliphatic heterocycles. The van der Waals surface area contributed by atoms with Gasteiger partial charge < -0.3 is 9.13 Å². The summed E-state index contributed by atoms with van der Waals surface area (Å²) in [6, 6.07) is 78.9. The molecular formula is C61H35N7. The SMILES string of the molecule is N#Cc1cc(C#N)c(-c2ccc3c(c2)c2ccccc2n3-c2ccc(-c3nc(-c4ccccc4)cc(-c4ccccc4)n3)cc2-c2cccc(-n3c4ccccc4c4ccccc43)c2)c(C#N)c1. The summed E-state index contributed by atoms with van der Waals surface area (Å²) in [5.74, 6) is 0.604. The molecule has 0 spiro atoms. The molecule has 9 aromatic carbocycles. The third-order valence-corrected chi connectivity index (χ3v) is 12.8. The van der Waals surface area contributed by atoms with Gasteiger partial charge in [0.15, 0.2) is 5.82 Å². The van der Waals surface area contributed by atoms with Gasteiger partial charge in [0, 0.05) is 55.0 Å². The highest BCUT2D eigenvalue weighted by atomic mass is 15.0. The first-order valence-corrected chi connectivity index (χ1v) is 22.2. The highest BCUT2D eigenvalue weighted by Crippen LogP contribution is 2.42. The molecule has 0 N–H and O–H groups in total. The van der Waals surface area contributed by atoms with Crippen LogP contribution < -0.4 is 0 Å². The molecule has 7 nitrogen and oxygen atoms in total. The van der Waals surface area contributed by atoms with Crippen LogP contribution >= 0.6 is 0 Å². The maximum absolute atomic E-state index is 10.2. The minimum atomic E-state index is 0.270. The van der Waals surface area contributed by atoms with Crippen molar-refractivity contribution in [3.8, 4) is 85.7 Å². The highest BCUT2D eigenvalue weighted by Gasteiger charge is 2.22.